The summed E-state index contributed by atoms with van der Waals surface area (Å²) >= 11 is 6.05. The van der Waals surface area contributed by atoms with E-state index in [9.17, 15) is 13.6 Å². The summed E-state index contributed by atoms with van der Waals surface area (Å²) in [7, 11) is 0. The number of halogens is 3. The van der Waals surface area contributed by atoms with Crippen molar-refractivity contribution in [2.24, 2.45) is 0 Å². The number of hydrogen-bond donors (Lipinski definition) is 1. The zero-order valence-corrected chi connectivity index (χ0v) is 21.8. The van der Waals surface area contributed by atoms with Crippen molar-refractivity contribution in [3.63, 3.8) is 0 Å². The molecule has 6 nitrogen and oxygen atoms in total. The van der Waals surface area contributed by atoms with Crippen LogP contribution in [0.5, 0.6) is 5.88 Å². The Morgan fingerprint density at radius 2 is 1.83 bits per heavy atom. The predicted molar refractivity (Wildman–Crippen MR) is 135 cm³/mol. The van der Waals surface area contributed by atoms with Gasteiger partial charge in [0, 0.05) is 41.9 Å². The van der Waals surface area contributed by atoms with Crippen LogP contribution in [0.4, 0.5) is 8.78 Å². The van der Waals surface area contributed by atoms with E-state index in [4.69, 9.17) is 16.3 Å². The Bertz CT molecular complexity index is 1190. The monoisotopic (exact) mass is 516 g/mol. The summed E-state index contributed by atoms with van der Waals surface area (Å²) < 4.78 is 33.9. The number of pyridine rings is 1. The Labute approximate surface area is 215 Å². The molecule has 3 rings (SSSR count). The number of carbonyl (C=O) groups excluding carboxylic acids is 1. The molecule has 0 spiro atoms. The van der Waals surface area contributed by atoms with Crippen molar-refractivity contribution in [3.05, 3.63) is 82.5 Å². The maximum atomic E-state index is 14.1. The summed E-state index contributed by atoms with van der Waals surface area (Å²) in [6.45, 7) is 8.38. The van der Waals surface area contributed by atoms with Gasteiger partial charge in [-0.15, -0.1) is 0 Å². The first-order chi connectivity index (χ1) is 16.9. The molecule has 0 fully saturated rings. The second-order valence-corrected chi connectivity index (χ2v) is 9.84. The third kappa shape index (κ3) is 6.97. The van der Waals surface area contributed by atoms with Gasteiger partial charge in [0.1, 0.15) is 12.0 Å². The number of aromatic nitrogens is 3. The van der Waals surface area contributed by atoms with Gasteiger partial charge in [-0.25, -0.2) is 9.97 Å². The predicted octanol–water partition coefficient (Wildman–Crippen LogP) is 6.02. The van der Waals surface area contributed by atoms with Gasteiger partial charge in [-0.1, -0.05) is 36.7 Å². The lowest BCUT2D eigenvalue weighted by Gasteiger charge is -2.30. The van der Waals surface area contributed by atoms with Crippen LogP contribution in [0, 0.1) is 6.92 Å². The summed E-state index contributed by atoms with van der Waals surface area (Å²) in [6.07, 6.45) is 4.83. The molecule has 1 aromatic carbocycles. The standard InChI is InChI=1S/C27H31ClF2N4O2/c1-6-27(29,30)23-13-24(33-16-32-23)36-26(4,5)25(35)34-18(3)22(20-11-17(2)14-31-15-20)12-19-7-9-21(28)10-8-19/h7-11,13-16,18,22H,6,12H2,1-5H3,(H,34,35). The zero-order valence-electron chi connectivity index (χ0n) is 21.1. The molecule has 0 saturated carbocycles. The quantitative estimate of drug-likeness (QED) is 0.356. The van der Waals surface area contributed by atoms with E-state index in [0.717, 1.165) is 29.1 Å². The maximum Gasteiger partial charge on any atom is 0.289 e. The number of alkyl halides is 2. The molecular formula is C27H31ClF2N4O2. The van der Waals surface area contributed by atoms with Gasteiger partial charge in [-0.3, -0.25) is 9.78 Å². The Hall–Kier alpha value is -3.13. The SMILES string of the molecule is CCC(F)(F)c1cc(OC(C)(C)C(=O)NC(C)C(Cc2ccc(Cl)cc2)c2cncc(C)c2)ncn1. The maximum absolute atomic E-state index is 14.1. The van der Waals surface area contributed by atoms with Gasteiger partial charge in [0.15, 0.2) is 5.60 Å². The summed E-state index contributed by atoms with van der Waals surface area (Å²) in [5.74, 6) is -3.70. The Morgan fingerprint density at radius 3 is 2.47 bits per heavy atom. The van der Waals surface area contributed by atoms with Crippen LogP contribution >= 0.6 is 11.6 Å². The van der Waals surface area contributed by atoms with Gasteiger partial charge >= 0.3 is 0 Å². The van der Waals surface area contributed by atoms with Crippen LogP contribution in [0.1, 0.15) is 62.4 Å². The van der Waals surface area contributed by atoms with Crippen molar-refractivity contribution in [3.8, 4) is 5.88 Å². The highest BCUT2D eigenvalue weighted by Crippen LogP contribution is 2.31. The molecule has 2 heterocycles. The van der Waals surface area contributed by atoms with Crippen LogP contribution in [0.3, 0.4) is 0 Å². The zero-order chi connectivity index (χ0) is 26.5. The van der Waals surface area contributed by atoms with Crippen molar-refractivity contribution in [2.45, 2.75) is 70.9 Å². The van der Waals surface area contributed by atoms with Crippen LogP contribution in [0.25, 0.3) is 0 Å². The van der Waals surface area contributed by atoms with Gasteiger partial charge in [-0.05, 0) is 62.9 Å². The summed E-state index contributed by atoms with van der Waals surface area (Å²) in [6, 6.07) is 10.4. The first-order valence-electron chi connectivity index (χ1n) is 11.8. The number of aryl methyl sites for hydroxylation is 1. The summed E-state index contributed by atoms with van der Waals surface area (Å²) in [4.78, 5) is 25.2. The van der Waals surface area contributed by atoms with Crippen LogP contribution in [0.15, 0.2) is 55.1 Å². The normalized spacial score (nSPS) is 13.7. The van der Waals surface area contributed by atoms with Gasteiger partial charge in [0.25, 0.3) is 11.8 Å². The van der Waals surface area contributed by atoms with Crippen LogP contribution in [0.2, 0.25) is 5.02 Å². The fourth-order valence-corrected chi connectivity index (χ4v) is 3.93. The van der Waals surface area contributed by atoms with E-state index in [-0.39, 0.29) is 17.8 Å². The number of hydrogen-bond acceptors (Lipinski definition) is 5. The average Bonchev–Trinajstić information content (AvgIpc) is 2.83. The van der Waals surface area contributed by atoms with Gasteiger partial charge < -0.3 is 10.1 Å². The number of rotatable bonds is 10. The lowest BCUT2D eigenvalue weighted by atomic mass is 9.86. The van der Waals surface area contributed by atoms with E-state index in [1.165, 1.54) is 6.92 Å². The average molecular weight is 517 g/mol. The molecule has 192 valence electrons. The van der Waals surface area contributed by atoms with Gasteiger partial charge in [-0.2, -0.15) is 8.78 Å². The number of nitrogens with zero attached hydrogens (tertiary/aromatic N) is 3. The molecule has 0 saturated heterocycles. The first-order valence-corrected chi connectivity index (χ1v) is 12.2. The molecule has 9 heteroatoms. The van der Waals surface area contributed by atoms with Crippen LogP contribution < -0.4 is 10.1 Å². The molecule has 3 aromatic rings. The minimum atomic E-state index is -3.11. The summed E-state index contributed by atoms with van der Waals surface area (Å²) in [5, 5.41) is 3.69. The van der Waals surface area contributed by atoms with Gasteiger partial charge in [0.2, 0.25) is 5.88 Å². The molecule has 2 unspecified atom stereocenters. The molecule has 1 amide bonds. The number of ether oxygens (including phenoxy) is 1. The van der Waals surface area contributed by atoms with Crippen molar-refractivity contribution in [1.29, 1.82) is 0 Å². The molecule has 0 aliphatic heterocycles. The van der Waals surface area contributed by atoms with Crippen molar-refractivity contribution in [2.75, 3.05) is 0 Å². The topological polar surface area (TPSA) is 77.0 Å². The Balaban J connectivity index is 1.79. The van der Waals surface area contributed by atoms with E-state index in [1.54, 1.807) is 26.2 Å². The number of benzene rings is 1. The highest BCUT2D eigenvalue weighted by atomic mass is 35.5. The van der Waals surface area contributed by atoms with Crippen molar-refractivity contribution >= 4 is 17.5 Å². The molecule has 1 N–H and O–H groups in total. The third-order valence-electron chi connectivity index (χ3n) is 6.02. The molecule has 36 heavy (non-hydrogen) atoms. The molecule has 2 aromatic heterocycles. The fraction of sp³-hybridized carbons (Fsp3) is 0.407. The van der Waals surface area contributed by atoms with E-state index < -0.39 is 29.5 Å². The van der Waals surface area contributed by atoms with E-state index >= 15 is 0 Å². The second-order valence-electron chi connectivity index (χ2n) is 9.41. The van der Waals surface area contributed by atoms with E-state index in [1.807, 2.05) is 44.2 Å². The largest absolute Gasteiger partial charge is 0.461 e. The Morgan fingerprint density at radius 1 is 1.14 bits per heavy atom. The van der Waals surface area contributed by atoms with E-state index in [0.29, 0.717) is 11.4 Å². The van der Waals surface area contributed by atoms with Crippen LogP contribution in [-0.4, -0.2) is 32.5 Å². The minimum absolute atomic E-state index is 0.0905. The van der Waals surface area contributed by atoms with E-state index in [2.05, 4.69) is 20.3 Å². The highest BCUT2D eigenvalue weighted by molar-refractivity contribution is 6.30. The molecule has 0 aliphatic carbocycles. The second kappa shape index (κ2) is 11.3. The fourth-order valence-electron chi connectivity index (χ4n) is 3.80. The molecule has 0 radical (unpaired) electrons. The van der Waals surface area contributed by atoms with Crippen molar-refractivity contribution < 1.29 is 18.3 Å². The highest BCUT2D eigenvalue weighted by Gasteiger charge is 2.35. The van der Waals surface area contributed by atoms with Gasteiger partial charge in [0.05, 0.1) is 0 Å². The lowest BCUT2D eigenvalue weighted by Crippen LogP contribution is -2.51. The number of carbonyl (C=O) groups is 1. The third-order valence-corrected chi connectivity index (χ3v) is 6.27. The Kier molecular flexibility index (Phi) is 8.61. The van der Waals surface area contributed by atoms with Crippen molar-refractivity contribution in [1.82, 2.24) is 20.3 Å². The van der Waals surface area contributed by atoms with Crippen LogP contribution in [-0.2, 0) is 17.1 Å². The first kappa shape index (κ1) is 27.5. The molecule has 0 bridgehead atoms. The minimum Gasteiger partial charge on any atom is -0.461 e. The molecule has 2 atom stereocenters. The molecule has 0 aliphatic rings. The summed E-state index contributed by atoms with van der Waals surface area (Å²) in [5.41, 5.74) is 1.23. The molecular weight excluding hydrogens is 486 g/mol. The number of nitrogens with one attached hydrogen (secondary N) is 1. The smallest absolute Gasteiger partial charge is 0.289 e. The number of amides is 1. The lowest BCUT2D eigenvalue weighted by molar-refractivity contribution is -0.135.